The number of benzene rings is 2. The van der Waals surface area contributed by atoms with Crippen LogP contribution >= 0.6 is 11.6 Å². The number of hydrogen-bond donors (Lipinski definition) is 2. The molecule has 0 aliphatic heterocycles. The SMILES string of the molecule is Oc1ccc(OCC(O)c2ccccc2Cl)cc1. The van der Waals surface area contributed by atoms with Crippen LogP contribution in [0.1, 0.15) is 11.7 Å². The molecule has 0 amide bonds. The van der Waals surface area contributed by atoms with Crippen LogP contribution < -0.4 is 4.74 Å². The van der Waals surface area contributed by atoms with Crippen molar-refractivity contribution in [3.8, 4) is 11.5 Å². The van der Waals surface area contributed by atoms with E-state index in [9.17, 15) is 5.11 Å². The molecule has 0 heterocycles. The highest BCUT2D eigenvalue weighted by molar-refractivity contribution is 6.31. The second kappa shape index (κ2) is 5.76. The van der Waals surface area contributed by atoms with Crippen molar-refractivity contribution in [1.29, 1.82) is 0 Å². The number of phenols is 1. The molecule has 0 radical (unpaired) electrons. The minimum Gasteiger partial charge on any atom is -0.508 e. The van der Waals surface area contributed by atoms with E-state index < -0.39 is 6.10 Å². The summed E-state index contributed by atoms with van der Waals surface area (Å²) in [6, 6.07) is 13.4. The van der Waals surface area contributed by atoms with Crippen LogP contribution in [0.25, 0.3) is 0 Å². The van der Waals surface area contributed by atoms with Gasteiger partial charge in [-0.1, -0.05) is 29.8 Å². The first-order valence-electron chi connectivity index (χ1n) is 5.51. The first-order valence-corrected chi connectivity index (χ1v) is 5.89. The maximum Gasteiger partial charge on any atom is 0.119 e. The minimum atomic E-state index is -0.785. The van der Waals surface area contributed by atoms with E-state index in [1.165, 1.54) is 12.1 Å². The van der Waals surface area contributed by atoms with E-state index in [2.05, 4.69) is 0 Å². The molecule has 0 aromatic heterocycles. The van der Waals surface area contributed by atoms with Crippen molar-refractivity contribution in [3.05, 3.63) is 59.1 Å². The van der Waals surface area contributed by atoms with Gasteiger partial charge in [0.15, 0.2) is 0 Å². The average Bonchev–Trinajstić information content (AvgIpc) is 2.38. The summed E-state index contributed by atoms with van der Waals surface area (Å²) in [7, 11) is 0. The molecule has 2 rings (SSSR count). The van der Waals surface area contributed by atoms with Crippen LogP contribution in [0.2, 0.25) is 5.02 Å². The highest BCUT2D eigenvalue weighted by Crippen LogP contribution is 2.24. The van der Waals surface area contributed by atoms with Gasteiger partial charge in [0.2, 0.25) is 0 Å². The molecule has 1 unspecified atom stereocenters. The Labute approximate surface area is 110 Å². The standard InChI is InChI=1S/C14H13ClO3/c15-13-4-2-1-3-12(13)14(17)9-18-11-7-5-10(16)6-8-11/h1-8,14,16-17H,9H2. The number of phenolic OH excluding ortho intramolecular Hbond substituents is 1. The Morgan fingerprint density at radius 2 is 1.72 bits per heavy atom. The Morgan fingerprint density at radius 1 is 1.06 bits per heavy atom. The van der Waals surface area contributed by atoms with E-state index >= 15 is 0 Å². The number of aromatic hydroxyl groups is 1. The van der Waals surface area contributed by atoms with Crippen LogP contribution in [-0.4, -0.2) is 16.8 Å². The third kappa shape index (κ3) is 3.15. The molecule has 0 fully saturated rings. The third-order valence-corrected chi connectivity index (χ3v) is 2.85. The molecule has 2 N–H and O–H groups in total. The number of halogens is 1. The van der Waals surface area contributed by atoms with Crippen LogP contribution in [0.15, 0.2) is 48.5 Å². The zero-order valence-corrected chi connectivity index (χ0v) is 10.3. The summed E-state index contributed by atoms with van der Waals surface area (Å²) in [6.45, 7) is 0.106. The van der Waals surface area contributed by atoms with Crippen LogP contribution in [-0.2, 0) is 0 Å². The van der Waals surface area contributed by atoms with Gasteiger partial charge in [-0.15, -0.1) is 0 Å². The van der Waals surface area contributed by atoms with Gasteiger partial charge in [-0.3, -0.25) is 0 Å². The fourth-order valence-corrected chi connectivity index (χ4v) is 1.81. The number of hydrogen-bond acceptors (Lipinski definition) is 3. The lowest BCUT2D eigenvalue weighted by atomic mass is 10.1. The number of aliphatic hydroxyl groups is 1. The third-order valence-electron chi connectivity index (χ3n) is 2.51. The van der Waals surface area contributed by atoms with Gasteiger partial charge in [-0.05, 0) is 30.3 Å². The molecular formula is C14H13ClO3. The van der Waals surface area contributed by atoms with Gasteiger partial charge in [-0.25, -0.2) is 0 Å². The largest absolute Gasteiger partial charge is 0.508 e. The highest BCUT2D eigenvalue weighted by atomic mass is 35.5. The molecule has 94 valence electrons. The molecule has 3 nitrogen and oxygen atoms in total. The van der Waals surface area contributed by atoms with Crippen LogP contribution in [0.4, 0.5) is 0 Å². The molecule has 0 aliphatic rings. The smallest absolute Gasteiger partial charge is 0.119 e. The summed E-state index contributed by atoms with van der Waals surface area (Å²) in [5.74, 6) is 0.757. The van der Waals surface area contributed by atoms with E-state index in [4.69, 9.17) is 21.4 Å². The average molecular weight is 265 g/mol. The van der Waals surface area contributed by atoms with Crippen molar-refractivity contribution < 1.29 is 14.9 Å². The summed E-state index contributed by atoms with van der Waals surface area (Å²) in [4.78, 5) is 0. The van der Waals surface area contributed by atoms with Gasteiger partial charge in [0, 0.05) is 10.6 Å². The number of aliphatic hydroxyl groups excluding tert-OH is 1. The molecule has 18 heavy (non-hydrogen) atoms. The topological polar surface area (TPSA) is 49.7 Å². The molecule has 0 spiro atoms. The van der Waals surface area contributed by atoms with Crippen molar-refractivity contribution in [1.82, 2.24) is 0 Å². The van der Waals surface area contributed by atoms with Crippen molar-refractivity contribution in [2.45, 2.75) is 6.10 Å². The molecule has 0 aliphatic carbocycles. The monoisotopic (exact) mass is 264 g/mol. The van der Waals surface area contributed by atoms with Gasteiger partial charge in [0.25, 0.3) is 0 Å². The zero-order valence-electron chi connectivity index (χ0n) is 9.58. The van der Waals surface area contributed by atoms with E-state index in [0.717, 1.165) is 0 Å². The van der Waals surface area contributed by atoms with Crippen molar-refractivity contribution in [3.63, 3.8) is 0 Å². The normalized spacial score (nSPS) is 12.1. The fraction of sp³-hybridized carbons (Fsp3) is 0.143. The highest BCUT2D eigenvalue weighted by Gasteiger charge is 2.11. The van der Waals surface area contributed by atoms with Crippen LogP contribution in [0.3, 0.4) is 0 Å². The van der Waals surface area contributed by atoms with Crippen molar-refractivity contribution in [2.24, 2.45) is 0 Å². The van der Waals surface area contributed by atoms with Gasteiger partial charge in [0.1, 0.15) is 24.2 Å². The van der Waals surface area contributed by atoms with Crippen LogP contribution in [0.5, 0.6) is 11.5 Å². The zero-order chi connectivity index (χ0) is 13.0. The maximum atomic E-state index is 9.96. The van der Waals surface area contributed by atoms with Crippen molar-refractivity contribution >= 4 is 11.6 Å². The predicted molar refractivity (Wildman–Crippen MR) is 70.0 cm³/mol. The minimum absolute atomic E-state index is 0.106. The predicted octanol–water partition coefficient (Wildman–Crippen LogP) is 3.16. The number of ether oxygens (including phenoxy) is 1. The van der Waals surface area contributed by atoms with Crippen molar-refractivity contribution in [2.75, 3.05) is 6.61 Å². The Kier molecular flexibility index (Phi) is 4.07. The lowest BCUT2D eigenvalue weighted by molar-refractivity contribution is 0.108. The Hall–Kier alpha value is -1.71. The maximum absolute atomic E-state index is 9.96. The summed E-state index contributed by atoms with van der Waals surface area (Å²) in [5, 5.41) is 19.6. The lowest BCUT2D eigenvalue weighted by Crippen LogP contribution is -2.10. The second-order valence-corrected chi connectivity index (χ2v) is 4.25. The quantitative estimate of drug-likeness (QED) is 0.892. The van der Waals surface area contributed by atoms with Gasteiger partial charge < -0.3 is 14.9 Å². The van der Waals surface area contributed by atoms with E-state index in [1.54, 1.807) is 30.3 Å². The molecule has 4 heteroatoms. The first-order chi connectivity index (χ1) is 8.66. The first kappa shape index (κ1) is 12.7. The Bertz CT molecular complexity index is 511. The summed E-state index contributed by atoms with van der Waals surface area (Å²) in [6.07, 6.45) is -0.785. The molecule has 2 aromatic carbocycles. The molecule has 0 bridgehead atoms. The molecule has 2 aromatic rings. The summed E-state index contributed by atoms with van der Waals surface area (Å²) in [5.41, 5.74) is 0.637. The van der Waals surface area contributed by atoms with Crippen LogP contribution in [0, 0.1) is 0 Å². The lowest BCUT2D eigenvalue weighted by Gasteiger charge is -2.13. The van der Waals surface area contributed by atoms with Gasteiger partial charge in [-0.2, -0.15) is 0 Å². The van der Waals surface area contributed by atoms with E-state index in [-0.39, 0.29) is 12.4 Å². The number of rotatable bonds is 4. The molecule has 0 saturated heterocycles. The van der Waals surface area contributed by atoms with Gasteiger partial charge in [0.05, 0.1) is 0 Å². The summed E-state index contributed by atoms with van der Waals surface area (Å²) >= 11 is 5.97. The second-order valence-electron chi connectivity index (χ2n) is 3.84. The molecular weight excluding hydrogens is 252 g/mol. The fourth-order valence-electron chi connectivity index (χ4n) is 1.55. The van der Waals surface area contributed by atoms with Gasteiger partial charge >= 0.3 is 0 Å². The summed E-state index contributed by atoms with van der Waals surface area (Å²) < 4.78 is 5.41. The molecule has 0 saturated carbocycles. The van der Waals surface area contributed by atoms with E-state index in [0.29, 0.717) is 16.3 Å². The molecule has 1 atom stereocenters. The Balaban J connectivity index is 1.98. The van der Waals surface area contributed by atoms with E-state index in [1.807, 2.05) is 6.07 Å². The Morgan fingerprint density at radius 3 is 2.39 bits per heavy atom.